The molecule has 0 saturated heterocycles. The van der Waals surface area contributed by atoms with Crippen molar-refractivity contribution >= 4 is 22.7 Å². The highest BCUT2D eigenvalue weighted by molar-refractivity contribution is 6.07. The zero-order valence-electron chi connectivity index (χ0n) is 12.5. The van der Waals surface area contributed by atoms with Crippen molar-refractivity contribution < 1.29 is 14.7 Å². The minimum absolute atomic E-state index is 0.371. The average molecular weight is 326 g/mol. The van der Waals surface area contributed by atoms with Gasteiger partial charge in [-0.25, -0.2) is 4.68 Å². The van der Waals surface area contributed by atoms with Crippen molar-refractivity contribution in [2.75, 3.05) is 12.0 Å². The van der Waals surface area contributed by atoms with Gasteiger partial charge in [-0.1, -0.05) is 18.2 Å². The molecular weight excluding hydrogens is 312 g/mol. The van der Waals surface area contributed by atoms with Crippen LogP contribution in [0, 0.1) is 0 Å². The second-order valence-electron chi connectivity index (χ2n) is 4.93. The molecule has 122 valence electrons. The van der Waals surface area contributed by atoms with Crippen molar-refractivity contribution in [2.45, 2.75) is 6.04 Å². The number of aliphatic hydroxyl groups excluding tert-OH is 1. The lowest BCUT2D eigenvalue weighted by Gasteiger charge is -2.16. The molecule has 3 rings (SSSR count). The fourth-order valence-electron chi connectivity index (χ4n) is 2.19. The van der Waals surface area contributed by atoms with Gasteiger partial charge in [-0.3, -0.25) is 20.0 Å². The quantitative estimate of drug-likeness (QED) is 0.591. The Hall–Kier alpha value is -3.33. The molecule has 0 spiro atoms. The van der Waals surface area contributed by atoms with Crippen molar-refractivity contribution in [3.05, 3.63) is 54.7 Å². The molecule has 1 atom stereocenters. The predicted molar refractivity (Wildman–Crippen MR) is 84.5 cm³/mol. The maximum atomic E-state index is 12.5. The zero-order chi connectivity index (χ0) is 16.9. The van der Waals surface area contributed by atoms with Crippen LogP contribution in [0.4, 0.5) is 0 Å². The maximum Gasteiger partial charge on any atom is 0.263 e. The van der Waals surface area contributed by atoms with E-state index >= 15 is 0 Å². The lowest BCUT2D eigenvalue weighted by Crippen LogP contribution is -2.47. The summed E-state index contributed by atoms with van der Waals surface area (Å²) in [7, 11) is 0. The first kappa shape index (κ1) is 15.6. The summed E-state index contributed by atoms with van der Waals surface area (Å²) in [4.78, 5) is 28.8. The van der Waals surface area contributed by atoms with Crippen LogP contribution in [-0.2, 0) is 4.79 Å². The summed E-state index contributed by atoms with van der Waals surface area (Å²) >= 11 is 0. The molecule has 24 heavy (non-hydrogen) atoms. The summed E-state index contributed by atoms with van der Waals surface area (Å²) in [5.74, 6) is -1.07. The van der Waals surface area contributed by atoms with Gasteiger partial charge in [0.2, 0.25) is 0 Å². The van der Waals surface area contributed by atoms with Crippen LogP contribution in [0.15, 0.2) is 49.2 Å². The normalized spacial score (nSPS) is 11.9. The van der Waals surface area contributed by atoms with Gasteiger partial charge in [0.25, 0.3) is 11.8 Å². The van der Waals surface area contributed by atoms with E-state index in [2.05, 4.69) is 25.9 Å². The van der Waals surface area contributed by atoms with Crippen LogP contribution in [-0.4, -0.2) is 49.4 Å². The summed E-state index contributed by atoms with van der Waals surface area (Å²) in [6.45, 7) is -0.553. The minimum atomic E-state index is -1.12. The Morgan fingerprint density at radius 3 is 2.67 bits per heavy atom. The molecule has 0 fully saturated rings. The number of nitrogens with one attached hydrogen (secondary N) is 2. The van der Waals surface area contributed by atoms with Crippen molar-refractivity contribution in [1.82, 2.24) is 25.2 Å². The maximum absolute atomic E-state index is 12.5. The lowest BCUT2D eigenvalue weighted by atomic mass is 10.1. The molecular formula is C15H14N6O3. The Balaban J connectivity index is 1.77. The van der Waals surface area contributed by atoms with Gasteiger partial charge in [0.05, 0.1) is 17.7 Å². The average Bonchev–Trinajstić information content (AvgIpc) is 3.11. The molecule has 1 aromatic carbocycles. The Labute approximate surface area is 136 Å². The predicted octanol–water partition coefficient (Wildman–Crippen LogP) is -0.313. The first-order valence-corrected chi connectivity index (χ1v) is 7.10. The fraction of sp³-hybridized carbons (Fsp3) is 0.133. The van der Waals surface area contributed by atoms with E-state index in [4.69, 9.17) is 0 Å². The van der Waals surface area contributed by atoms with Gasteiger partial charge in [0, 0.05) is 11.6 Å². The fourth-order valence-corrected chi connectivity index (χ4v) is 2.19. The van der Waals surface area contributed by atoms with Crippen LogP contribution >= 0.6 is 0 Å². The standard InChI is InChI=1S/C15H14N6O3/c22-7-13(15(24)20-21-8-17-18-9-21)19-14(23)11-5-6-16-12-4-2-1-3-10(11)12/h1-6,8-9,13,22H,7H2,(H,19,23)(H,20,24)/t13-/m0/s1. The molecule has 0 aliphatic heterocycles. The third-order valence-electron chi connectivity index (χ3n) is 3.36. The van der Waals surface area contributed by atoms with Crippen LogP contribution in [0.25, 0.3) is 10.9 Å². The Morgan fingerprint density at radius 2 is 1.92 bits per heavy atom. The summed E-state index contributed by atoms with van der Waals surface area (Å²) in [6.07, 6.45) is 4.08. The molecule has 2 heterocycles. The number of carbonyl (C=O) groups excluding carboxylic acids is 2. The van der Waals surface area contributed by atoms with Gasteiger partial charge in [-0.15, -0.1) is 10.2 Å². The Kier molecular flexibility index (Phi) is 4.43. The smallest absolute Gasteiger partial charge is 0.263 e. The van der Waals surface area contributed by atoms with Gasteiger partial charge in [0.1, 0.15) is 18.7 Å². The van der Waals surface area contributed by atoms with Crippen LogP contribution in [0.1, 0.15) is 10.4 Å². The van der Waals surface area contributed by atoms with Crippen molar-refractivity contribution in [2.24, 2.45) is 0 Å². The highest BCUT2D eigenvalue weighted by atomic mass is 16.3. The lowest BCUT2D eigenvalue weighted by molar-refractivity contribution is -0.119. The first-order valence-electron chi connectivity index (χ1n) is 7.10. The number of hydrogen-bond acceptors (Lipinski definition) is 6. The number of amides is 2. The highest BCUT2D eigenvalue weighted by Gasteiger charge is 2.22. The molecule has 9 nitrogen and oxygen atoms in total. The second-order valence-corrected chi connectivity index (χ2v) is 4.93. The number of carbonyl (C=O) groups is 2. The highest BCUT2D eigenvalue weighted by Crippen LogP contribution is 2.16. The van der Waals surface area contributed by atoms with Crippen LogP contribution in [0.5, 0.6) is 0 Å². The second kappa shape index (κ2) is 6.84. The number of rotatable bonds is 5. The molecule has 0 saturated carbocycles. The van der Waals surface area contributed by atoms with Gasteiger partial charge < -0.3 is 10.4 Å². The van der Waals surface area contributed by atoms with E-state index in [1.165, 1.54) is 23.5 Å². The molecule has 2 aromatic heterocycles. The number of aliphatic hydroxyl groups is 1. The first-order chi connectivity index (χ1) is 11.7. The summed E-state index contributed by atoms with van der Waals surface area (Å²) in [5.41, 5.74) is 3.47. The number of fused-ring (bicyclic) bond motifs is 1. The number of pyridine rings is 1. The molecule has 2 amide bonds. The van der Waals surface area contributed by atoms with E-state index in [1.54, 1.807) is 24.3 Å². The van der Waals surface area contributed by atoms with Crippen molar-refractivity contribution in [3.63, 3.8) is 0 Å². The van der Waals surface area contributed by atoms with Crippen molar-refractivity contribution in [3.8, 4) is 0 Å². The molecule has 0 bridgehead atoms. The van der Waals surface area contributed by atoms with Gasteiger partial charge in [-0.05, 0) is 12.1 Å². The van der Waals surface area contributed by atoms with Gasteiger partial charge in [0.15, 0.2) is 0 Å². The van der Waals surface area contributed by atoms with E-state index in [0.717, 1.165) is 0 Å². The monoisotopic (exact) mass is 326 g/mol. The molecule has 0 radical (unpaired) electrons. The topological polar surface area (TPSA) is 122 Å². The van der Waals surface area contributed by atoms with E-state index in [0.29, 0.717) is 16.5 Å². The zero-order valence-corrected chi connectivity index (χ0v) is 12.5. The Morgan fingerprint density at radius 1 is 1.17 bits per heavy atom. The molecule has 3 aromatic rings. The summed E-state index contributed by atoms with van der Waals surface area (Å²) in [5, 5.41) is 19.7. The molecule has 3 N–H and O–H groups in total. The number of aromatic nitrogens is 4. The minimum Gasteiger partial charge on any atom is -0.394 e. The summed E-state index contributed by atoms with van der Waals surface area (Å²) in [6, 6.07) is 7.61. The third-order valence-corrected chi connectivity index (χ3v) is 3.36. The molecule has 9 heteroatoms. The third kappa shape index (κ3) is 3.20. The number of hydrogen-bond donors (Lipinski definition) is 3. The SMILES string of the molecule is O=C(N[C@@H](CO)C(=O)Nn1cnnc1)c1ccnc2ccccc12. The van der Waals surface area contributed by atoms with Gasteiger partial charge >= 0.3 is 0 Å². The summed E-state index contributed by atoms with van der Waals surface area (Å²) < 4.78 is 1.22. The molecule has 0 aliphatic carbocycles. The van der Waals surface area contributed by atoms with E-state index in [1.807, 2.05) is 6.07 Å². The van der Waals surface area contributed by atoms with Crippen LogP contribution in [0.2, 0.25) is 0 Å². The Bertz CT molecular complexity index is 859. The molecule has 0 aliphatic rings. The van der Waals surface area contributed by atoms with Crippen LogP contribution in [0.3, 0.4) is 0 Å². The van der Waals surface area contributed by atoms with Gasteiger partial charge in [-0.2, -0.15) is 0 Å². The van der Waals surface area contributed by atoms with E-state index in [9.17, 15) is 14.7 Å². The van der Waals surface area contributed by atoms with Crippen molar-refractivity contribution in [1.29, 1.82) is 0 Å². The largest absolute Gasteiger partial charge is 0.394 e. The van der Waals surface area contributed by atoms with E-state index in [-0.39, 0.29) is 0 Å². The molecule has 0 unspecified atom stereocenters. The van der Waals surface area contributed by atoms with E-state index < -0.39 is 24.5 Å². The number of nitrogens with zero attached hydrogens (tertiary/aromatic N) is 4. The number of benzene rings is 1. The number of para-hydroxylation sites is 1. The van der Waals surface area contributed by atoms with Crippen LogP contribution < -0.4 is 10.7 Å².